The van der Waals surface area contributed by atoms with Crippen LogP contribution in [0.4, 0.5) is 13.2 Å². The number of methoxy groups -OCH3 is 1. The minimum absolute atomic E-state index is 0.0378. The number of hydrogen-bond donors (Lipinski definition) is 1. The number of fused-ring (bicyclic) bond motifs is 1. The Morgan fingerprint density at radius 2 is 2.13 bits per heavy atom. The predicted octanol–water partition coefficient (Wildman–Crippen LogP) is 2.72. The molecule has 0 spiro atoms. The van der Waals surface area contributed by atoms with Gasteiger partial charge in [-0.25, -0.2) is 10.4 Å². The van der Waals surface area contributed by atoms with Crippen LogP contribution in [-0.4, -0.2) is 23.7 Å². The van der Waals surface area contributed by atoms with Crippen LogP contribution in [0.1, 0.15) is 24.8 Å². The Morgan fingerprint density at radius 1 is 1.39 bits per heavy atom. The van der Waals surface area contributed by atoms with Gasteiger partial charge >= 0.3 is 12.1 Å². The smallest absolute Gasteiger partial charge is 0.468 e. The van der Waals surface area contributed by atoms with E-state index in [2.05, 4.69) is 15.5 Å². The number of carbonyl (C=O) groups excluding carboxylic acids is 1. The SMILES string of the molecule is COc1ccc(C2=NNC(=O)CC2C)c2oc(C(F)(F)F)nc12. The molecule has 0 saturated carbocycles. The molecule has 6 nitrogen and oxygen atoms in total. The third kappa shape index (κ3) is 2.62. The number of carbonyl (C=O) groups is 1. The number of hydrogen-bond acceptors (Lipinski definition) is 5. The molecule has 1 aliphatic rings. The van der Waals surface area contributed by atoms with E-state index in [4.69, 9.17) is 9.15 Å². The van der Waals surface area contributed by atoms with Crippen LogP contribution in [0, 0.1) is 5.92 Å². The minimum atomic E-state index is -4.71. The van der Waals surface area contributed by atoms with Crippen LogP contribution in [0.3, 0.4) is 0 Å². The minimum Gasteiger partial charge on any atom is -0.494 e. The quantitative estimate of drug-likeness (QED) is 0.920. The number of hydrazone groups is 1. The normalized spacial score (nSPS) is 18.7. The van der Waals surface area contributed by atoms with Crippen molar-refractivity contribution >= 4 is 22.7 Å². The second-order valence-corrected chi connectivity index (χ2v) is 5.15. The maximum absolute atomic E-state index is 12.9. The number of nitrogens with zero attached hydrogens (tertiary/aromatic N) is 2. The predicted molar refractivity (Wildman–Crippen MR) is 74.0 cm³/mol. The molecule has 1 aromatic carbocycles. The zero-order valence-corrected chi connectivity index (χ0v) is 12.2. The first-order valence-electron chi connectivity index (χ1n) is 6.72. The molecule has 0 radical (unpaired) electrons. The molecule has 1 aromatic heterocycles. The first-order chi connectivity index (χ1) is 10.8. The molecule has 2 heterocycles. The molecule has 1 N–H and O–H groups in total. The number of amides is 1. The maximum Gasteiger partial charge on any atom is 0.468 e. The van der Waals surface area contributed by atoms with Gasteiger partial charge in [-0.2, -0.15) is 18.3 Å². The standard InChI is InChI=1S/C14H12F3N3O3/c1-6-5-9(21)19-20-10(6)7-3-4-8(22-2)11-12(7)23-13(18-11)14(15,16)17/h3-4,6H,5H2,1-2H3,(H,19,21). The summed E-state index contributed by atoms with van der Waals surface area (Å²) in [6, 6.07) is 3.03. The van der Waals surface area contributed by atoms with Gasteiger partial charge in [0.1, 0.15) is 5.75 Å². The molecule has 1 aliphatic heterocycles. The van der Waals surface area contributed by atoms with E-state index in [1.807, 2.05) is 0 Å². The monoisotopic (exact) mass is 327 g/mol. The summed E-state index contributed by atoms with van der Waals surface area (Å²) < 4.78 is 48.6. The Bertz CT molecular complexity index is 811. The molecule has 0 saturated heterocycles. The van der Waals surface area contributed by atoms with Crippen molar-refractivity contribution in [2.45, 2.75) is 19.5 Å². The van der Waals surface area contributed by atoms with Crippen molar-refractivity contribution in [2.75, 3.05) is 7.11 Å². The van der Waals surface area contributed by atoms with Crippen molar-refractivity contribution in [1.82, 2.24) is 10.4 Å². The Balaban J connectivity index is 2.22. The zero-order chi connectivity index (χ0) is 16.8. The lowest BCUT2D eigenvalue weighted by molar-refractivity contribution is -0.156. The van der Waals surface area contributed by atoms with Crippen molar-refractivity contribution in [3.63, 3.8) is 0 Å². The zero-order valence-electron chi connectivity index (χ0n) is 12.2. The molecule has 1 atom stereocenters. The lowest BCUT2D eigenvalue weighted by Crippen LogP contribution is -2.32. The molecule has 0 fully saturated rings. The highest BCUT2D eigenvalue weighted by Gasteiger charge is 2.39. The first-order valence-corrected chi connectivity index (χ1v) is 6.72. The van der Waals surface area contributed by atoms with Crippen LogP contribution < -0.4 is 10.2 Å². The lowest BCUT2D eigenvalue weighted by atomic mass is 9.93. The number of nitrogens with one attached hydrogen (secondary N) is 1. The maximum atomic E-state index is 12.9. The van der Waals surface area contributed by atoms with Gasteiger partial charge in [-0.3, -0.25) is 4.79 Å². The van der Waals surface area contributed by atoms with Crippen LogP contribution in [0.25, 0.3) is 11.1 Å². The third-order valence-electron chi connectivity index (χ3n) is 3.50. The highest BCUT2D eigenvalue weighted by atomic mass is 19.4. The molecule has 0 bridgehead atoms. The lowest BCUT2D eigenvalue weighted by Gasteiger charge is -2.19. The van der Waals surface area contributed by atoms with E-state index in [1.165, 1.54) is 13.2 Å². The van der Waals surface area contributed by atoms with E-state index in [0.29, 0.717) is 11.3 Å². The summed E-state index contributed by atoms with van der Waals surface area (Å²) in [5.74, 6) is -1.71. The summed E-state index contributed by atoms with van der Waals surface area (Å²) in [5, 5.41) is 3.95. The van der Waals surface area contributed by atoms with E-state index in [1.54, 1.807) is 13.0 Å². The number of aromatic nitrogens is 1. The number of rotatable bonds is 2. The number of ether oxygens (including phenoxy) is 1. The van der Waals surface area contributed by atoms with Gasteiger partial charge in [-0.1, -0.05) is 6.92 Å². The number of benzene rings is 1. The molecule has 1 unspecified atom stereocenters. The van der Waals surface area contributed by atoms with Crippen molar-refractivity contribution in [3.8, 4) is 5.75 Å². The van der Waals surface area contributed by atoms with E-state index >= 15 is 0 Å². The molecule has 1 amide bonds. The number of halogens is 3. The summed E-state index contributed by atoms with van der Waals surface area (Å²) in [6.45, 7) is 1.76. The van der Waals surface area contributed by atoms with E-state index in [0.717, 1.165) is 0 Å². The summed E-state index contributed by atoms with van der Waals surface area (Å²) >= 11 is 0. The van der Waals surface area contributed by atoms with E-state index in [9.17, 15) is 18.0 Å². The largest absolute Gasteiger partial charge is 0.494 e. The third-order valence-corrected chi connectivity index (χ3v) is 3.50. The number of alkyl halides is 3. The summed E-state index contributed by atoms with van der Waals surface area (Å²) in [7, 11) is 1.33. The Kier molecular flexibility index (Phi) is 3.50. The Labute approximate surface area is 128 Å². The van der Waals surface area contributed by atoms with E-state index in [-0.39, 0.29) is 35.1 Å². The fraction of sp³-hybridized carbons (Fsp3) is 0.357. The highest BCUT2D eigenvalue weighted by Crippen LogP contribution is 2.36. The fourth-order valence-corrected chi connectivity index (χ4v) is 2.45. The van der Waals surface area contributed by atoms with Crippen molar-refractivity contribution in [3.05, 3.63) is 23.6 Å². The van der Waals surface area contributed by atoms with Gasteiger partial charge in [0.2, 0.25) is 5.91 Å². The Morgan fingerprint density at radius 3 is 2.74 bits per heavy atom. The van der Waals surface area contributed by atoms with Crippen LogP contribution >= 0.6 is 0 Å². The van der Waals surface area contributed by atoms with Crippen LogP contribution in [0.5, 0.6) is 5.75 Å². The molecular formula is C14H12F3N3O3. The molecule has 2 aromatic rings. The molecular weight excluding hydrogens is 315 g/mol. The van der Waals surface area contributed by atoms with Gasteiger partial charge in [0.25, 0.3) is 0 Å². The van der Waals surface area contributed by atoms with Crippen LogP contribution in [-0.2, 0) is 11.0 Å². The van der Waals surface area contributed by atoms with Gasteiger partial charge < -0.3 is 9.15 Å². The van der Waals surface area contributed by atoms with Crippen molar-refractivity contribution in [2.24, 2.45) is 11.0 Å². The molecule has 122 valence electrons. The van der Waals surface area contributed by atoms with Crippen molar-refractivity contribution in [1.29, 1.82) is 0 Å². The number of oxazole rings is 1. The average Bonchev–Trinajstić information content (AvgIpc) is 2.92. The molecule has 0 aliphatic carbocycles. The second kappa shape index (κ2) is 5.25. The van der Waals surface area contributed by atoms with Crippen LogP contribution in [0.2, 0.25) is 0 Å². The van der Waals surface area contributed by atoms with Gasteiger partial charge in [-0.05, 0) is 12.1 Å². The first kappa shape index (κ1) is 15.3. The summed E-state index contributed by atoms with van der Waals surface area (Å²) in [4.78, 5) is 14.8. The van der Waals surface area contributed by atoms with Gasteiger partial charge in [0.05, 0.1) is 12.8 Å². The molecule has 23 heavy (non-hydrogen) atoms. The second-order valence-electron chi connectivity index (χ2n) is 5.15. The van der Waals surface area contributed by atoms with Gasteiger partial charge in [-0.15, -0.1) is 0 Å². The van der Waals surface area contributed by atoms with Crippen molar-refractivity contribution < 1.29 is 27.1 Å². The van der Waals surface area contributed by atoms with Gasteiger partial charge in [0, 0.05) is 17.9 Å². The van der Waals surface area contributed by atoms with Gasteiger partial charge in [0.15, 0.2) is 11.1 Å². The molecule has 9 heteroatoms. The summed E-state index contributed by atoms with van der Waals surface area (Å²) in [6.07, 6.45) is -4.53. The summed E-state index contributed by atoms with van der Waals surface area (Å²) in [5.41, 5.74) is 2.99. The molecule has 3 rings (SSSR count). The average molecular weight is 327 g/mol. The Hall–Kier alpha value is -2.58. The van der Waals surface area contributed by atoms with E-state index < -0.39 is 12.1 Å². The fourth-order valence-electron chi connectivity index (χ4n) is 2.45. The van der Waals surface area contributed by atoms with Crippen LogP contribution in [0.15, 0.2) is 21.7 Å². The highest BCUT2D eigenvalue weighted by molar-refractivity contribution is 6.12. The topological polar surface area (TPSA) is 76.7 Å².